The molecule has 2 saturated heterocycles. The van der Waals surface area contributed by atoms with Gasteiger partial charge in [-0.2, -0.15) is 0 Å². The molecule has 2 N–H and O–H groups in total. The first-order valence-corrected chi connectivity index (χ1v) is 6.82. The summed E-state index contributed by atoms with van der Waals surface area (Å²) in [5.41, 5.74) is 1.55. The summed E-state index contributed by atoms with van der Waals surface area (Å²) in [6, 6.07) is 7.18. The molecule has 6 nitrogen and oxygen atoms in total. The fourth-order valence-corrected chi connectivity index (χ4v) is 2.45. The quantitative estimate of drug-likeness (QED) is 0.874. The second kappa shape index (κ2) is 5.50. The van der Waals surface area contributed by atoms with E-state index in [1.807, 2.05) is 12.1 Å². The highest BCUT2D eigenvalue weighted by Gasteiger charge is 2.24. The Labute approximate surface area is 117 Å². The van der Waals surface area contributed by atoms with Gasteiger partial charge in [0.15, 0.2) is 0 Å². The topological polar surface area (TPSA) is 70.7 Å². The van der Waals surface area contributed by atoms with Crippen molar-refractivity contribution >= 4 is 23.3 Å². The maximum absolute atomic E-state index is 11.9. The van der Waals surface area contributed by atoms with Gasteiger partial charge in [0.05, 0.1) is 0 Å². The lowest BCUT2D eigenvalue weighted by Gasteiger charge is -2.15. The van der Waals surface area contributed by atoms with E-state index in [0.29, 0.717) is 25.4 Å². The molecule has 1 aromatic rings. The van der Waals surface area contributed by atoms with Gasteiger partial charge < -0.3 is 15.4 Å². The summed E-state index contributed by atoms with van der Waals surface area (Å²) in [6.45, 7) is 1.98. The van der Waals surface area contributed by atoms with Gasteiger partial charge in [-0.25, -0.2) is 4.79 Å². The number of nitrogens with one attached hydrogen (secondary N) is 2. The second-order valence-electron chi connectivity index (χ2n) is 4.92. The van der Waals surface area contributed by atoms with Gasteiger partial charge in [0, 0.05) is 31.1 Å². The Morgan fingerprint density at radius 2 is 2.15 bits per heavy atom. The molecule has 2 heterocycles. The number of carbonyl (C=O) groups is 2. The summed E-state index contributed by atoms with van der Waals surface area (Å²) in [4.78, 5) is 25.1. The minimum atomic E-state index is -0.334. The molecule has 6 heteroatoms. The third kappa shape index (κ3) is 2.60. The van der Waals surface area contributed by atoms with Crippen LogP contribution >= 0.6 is 0 Å². The first-order chi connectivity index (χ1) is 9.74. The highest BCUT2D eigenvalue weighted by molar-refractivity contribution is 5.96. The average molecular weight is 275 g/mol. The summed E-state index contributed by atoms with van der Waals surface area (Å²) < 4.78 is 5.33. The zero-order valence-electron chi connectivity index (χ0n) is 11.1. The van der Waals surface area contributed by atoms with Crippen LogP contribution in [-0.2, 0) is 9.53 Å². The van der Waals surface area contributed by atoms with Crippen LogP contribution in [0.4, 0.5) is 16.2 Å². The molecule has 2 fully saturated rings. The minimum Gasteiger partial charge on any atom is -0.368 e. The number of anilines is 2. The van der Waals surface area contributed by atoms with Crippen molar-refractivity contribution < 1.29 is 14.3 Å². The highest BCUT2D eigenvalue weighted by atomic mass is 16.5. The molecule has 0 spiro atoms. The van der Waals surface area contributed by atoms with E-state index < -0.39 is 0 Å². The fourth-order valence-electron chi connectivity index (χ4n) is 2.45. The molecule has 2 aliphatic heterocycles. The van der Waals surface area contributed by atoms with Crippen molar-refractivity contribution in [3.63, 3.8) is 0 Å². The molecule has 2 aliphatic rings. The third-order valence-electron chi connectivity index (χ3n) is 3.53. The standard InChI is InChI=1S/C14H17N3O3/c18-13(12-2-1-9-20-12)16-10-3-5-11(6-4-10)17-8-7-15-14(17)19/h3-6,12H,1-2,7-9H2,(H,15,19)(H,16,18). The summed E-state index contributed by atoms with van der Waals surface area (Å²) in [5, 5.41) is 5.58. The predicted octanol–water partition coefficient (Wildman–Crippen LogP) is 1.33. The van der Waals surface area contributed by atoms with E-state index in [0.717, 1.165) is 18.5 Å². The van der Waals surface area contributed by atoms with E-state index in [-0.39, 0.29) is 18.0 Å². The van der Waals surface area contributed by atoms with Gasteiger partial charge in [-0.05, 0) is 37.1 Å². The smallest absolute Gasteiger partial charge is 0.321 e. The van der Waals surface area contributed by atoms with Crippen molar-refractivity contribution in [3.05, 3.63) is 24.3 Å². The lowest BCUT2D eigenvalue weighted by Crippen LogP contribution is -2.28. The van der Waals surface area contributed by atoms with E-state index in [1.165, 1.54) is 0 Å². The van der Waals surface area contributed by atoms with E-state index >= 15 is 0 Å². The molecular weight excluding hydrogens is 258 g/mol. The minimum absolute atomic E-state index is 0.0823. The summed E-state index contributed by atoms with van der Waals surface area (Å²) in [5.74, 6) is -0.103. The Morgan fingerprint density at radius 3 is 2.75 bits per heavy atom. The Hall–Kier alpha value is -2.08. The first-order valence-electron chi connectivity index (χ1n) is 6.82. The number of ether oxygens (including phenoxy) is 1. The lowest BCUT2D eigenvalue weighted by molar-refractivity contribution is -0.124. The predicted molar refractivity (Wildman–Crippen MR) is 74.8 cm³/mol. The van der Waals surface area contributed by atoms with Crippen LogP contribution in [0.15, 0.2) is 24.3 Å². The lowest BCUT2D eigenvalue weighted by atomic mass is 10.2. The van der Waals surface area contributed by atoms with Crippen LogP contribution in [0.3, 0.4) is 0 Å². The molecule has 0 aliphatic carbocycles. The molecule has 1 aromatic carbocycles. The van der Waals surface area contributed by atoms with E-state index in [1.54, 1.807) is 17.0 Å². The Morgan fingerprint density at radius 1 is 1.35 bits per heavy atom. The van der Waals surface area contributed by atoms with E-state index in [2.05, 4.69) is 10.6 Å². The molecule has 1 atom stereocenters. The number of benzene rings is 1. The molecular formula is C14H17N3O3. The first kappa shape index (κ1) is 12.9. The molecule has 0 aromatic heterocycles. The summed E-state index contributed by atoms with van der Waals surface area (Å²) >= 11 is 0. The molecule has 0 saturated carbocycles. The van der Waals surface area contributed by atoms with Crippen LogP contribution < -0.4 is 15.5 Å². The van der Waals surface area contributed by atoms with Crippen molar-refractivity contribution in [2.45, 2.75) is 18.9 Å². The monoisotopic (exact) mass is 275 g/mol. The number of hydrogen-bond donors (Lipinski definition) is 2. The van der Waals surface area contributed by atoms with Gasteiger partial charge in [-0.3, -0.25) is 9.69 Å². The van der Waals surface area contributed by atoms with Gasteiger partial charge in [-0.1, -0.05) is 0 Å². The maximum Gasteiger partial charge on any atom is 0.321 e. The normalized spacial score (nSPS) is 21.9. The van der Waals surface area contributed by atoms with Gasteiger partial charge in [0.25, 0.3) is 5.91 Å². The molecule has 20 heavy (non-hydrogen) atoms. The SMILES string of the molecule is O=C(Nc1ccc(N2CCNC2=O)cc1)C1CCCO1. The van der Waals surface area contributed by atoms with Crippen LogP contribution in [0.25, 0.3) is 0 Å². The van der Waals surface area contributed by atoms with Gasteiger partial charge in [0.2, 0.25) is 0 Å². The fraction of sp³-hybridized carbons (Fsp3) is 0.429. The maximum atomic E-state index is 11.9. The van der Waals surface area contributed by atoms with Crippen molar-refractivity contribution in [1.82, 2.24) is 5.32 Å². The second-order valence-corrected chi connectivity index (χ2v) is 4.92. The van der Waals surface area contributed by atoms with E-state index in [9.17, 15) is 9.59 Å². The van der Waals surface area contributed by atoms with Crippen LogP contribution in [0.5, 0.6) is 0 Å². The third-order valence-corrected chi connectivity index (χ3v) is 3.53. The van der Waals surface area contributed by atoms with Crippen molar-refractivity contribution in [2.75, 3.05) is 29.9 Å². The average Bonchev–Trinajstić information content (AvgIpc) is 3.11. The van der Waals surface area contributed by atoms with Gasteiger partial charge in [-0.15, -0.1) is 0 Å². The molecule has 3 rings (SSSR count). The number of amides is 3. The van der Waals surface area contributed by atoms with Crippen molar-refractivity contribution in [2.24, 2.45) is 0 Å². The largest absolute Gasteiger partial charge is 0.368 e. The summed E-state index contributed by atoms with van der Waals surface area (Å²) in [7, 11) is 0. The number of carbonyl (C=O) groups excluding carboxylic acids is 2. The van der Waals surface area contributed by atoms with Crippen molar-refractivity contribution in [3.8, 4) is 0 Å². The molecule has 0 bridgehead atoms. The molecule has 0 radical (unpaired) electrons. The highest BCUT2D eigenvalue weighted by Crippen LogP contribution is 2.20. The van der Waals surface area contributed by atoms with Gasteiger partial charge in [0.1, 0.15) is 6.10 Å². The number of hydrogen-bond acceptors (Lipinski definition) is 3. The number of rotatable bonds is 3. The molecule has 3 amide bonds. The zero-order chi connectivity index (χ0) is 13.9. The Bertz CT molecular complexity index is 509. The molecule has 1 unspecified atom stereocenters. The zero-order valence-corrected chi connectivity index (χ0v) is 11.1. The van der Waals surface area contributed by atoms with E-state index in [4.69, 9.17) is 4.74 Å². The Kier molecular flexibility index (Phi) is 3.56. The van der Waals surface area contributed by atoms with Crippen LogP contribution in [0, 0.1) is 0 Å². The van der Waals surface area contributed by atoms with Gasteiger partial charge >= 0.3 is 6.03 Å². The van der Waals surface area contributed by atoms with Crippen LogP contribution in [0.2, 0.25) is 0 Å². The van der Waals surface area contributed by atoms with Crippen molar-refractivity contribution in [1.29, 1.82) is 0 Å². The number of nitrogens with zero attached hydrogens (tertiary/aromatic N) is 1. The molecule has 106 valence electrons. The number of urea groups is 1. The summed E-state index contributed by atoms with van der Waals surface area (Å²) in [6.07, 6.45) is 1.37. The Balaban J connectivity index is 1.63. The van der Waals surface area contributed by atoms with Crippen LogP contribution in [0.1, 0.15) is 12.8 Å². The van der Waals surface area contributed by atoms with Crippen LogP contribution in [-0.4, -0.2) is 37.7 Å².